The number of benzene rings is 1. The number of ether oxygens (including phenoxy) is 1. The van der Waals surface area contributed by atoms with Crippen LogP contribution in [0.2, 0.25) is 0 Å². The number of furan rings is 1. The molecule has 3 heterocycles. The maximum atomic E-state index is 12.2. The van der Waals surface area contributed by atoms with Crippen LogP contribution in [0.1, 0.15) is 25.3 Å². The highest BCUT2D eigenvalue weighted by molar-refractivity contribution is 7.13. The van der Waals surface area contributed by atoms with Crippen molar-refractivity contribution in [1.82, 2.24) is 9.88 Å². The van der Waals surface area contributed by atoms with E-state index in [-0.39, 0.29) is 18.1 Å². The molecule has 2 unspecified atom stereocenters. The van der Waals surface area contributed by atoms with Crippen molar-refractivity contribution in [1.29, 1.82) is 0 Å². The fourth-order valence-corrected chi connectivity index (χ4v) is 4.17. The molecule has 1 saturated heterocycles. The van der Waals surface area contributed by atoms with E-state index in [1.807, 2.05) is 35.7 Å². The summed E-state index contributed by atoms with van der Waals surface area (Å²) >= 11 is 1.44. The van der Waals surface area contributed by atoms with Crippen LogP contribution in [0.5, 0.6) is 0 Å². The number of amides is 1. The molecule has 6 nitrogen and oxygen atoms in total. The summed E-state index contributed by atoms with van der Waals surface area (Å²) in [4.78, 5) is 19.1. The van der Waals surface area contributed by atoms with Gasteiger partial charge in [0, 0.05) is 36.5 Å². The molecule has 1 N–H and O–H groups in total. The molecule has 0 saturated carbocycles. The van der Waals surface area contributed by atoms with E-state index in [0.717, 1.165) is 36.3 Å². The summed E-state index contributed by atoms with van der Waals surface area (Å²) < 4.78 is 11.4. The second kappa shape index (κ2) is 8.26. The highest BCUT2D eigenvalue weighted by atomic mass is 32.1. The first kappa shape index (κ1) is 18.9. The van der Waals surface area contributed by atoms with Crippen molar-refractivity contribution in [2.75, 3.05) is 18.4 Å². The van der Waals surface area contributed by atoms with Crippen molar-refractivity contribution in [3.05, 3.63) is 53.2 Å². The molecule has 2 atom stereocenters. The van der Waals surface area contributed by atoms with Gasteiger partial charge in [-0.2, -0.15) is 0 Å². The number of anilines is 1. The van der Waals surface area contributed by atoms with Crippen molar-refractivity contribution < 1.29 is 13.9 Å². The van der Waals surface area contributed by atoms with Crippen LogP contribution >= 0.6 is 11.3 Å². The van der Waals surface area contributed by atoms with E-state index in [4.69, 9.17) is 9.15 Å². The standard InChI is InChI=1S/C21H23N3O3S/c1-14-10-24(11-15(2)26-14)12-17-13-28-21(22-17)23-20(25)8-7-18-9-16-5-3-4-6-19(16)27-18/h3-9,13-15H,10-12H2,1-2H3,(H,22,23,25)/b8-7+. The minimum atomic E-state index is -0.227. The molecular formula is C21H23N3O3S. The maximum Gasteiger partial charge on any atom is 0.250 e. The first-order chi connectivity index (χ1) is 13.5. The molecule has 1 aromatic carbocycles. The van der Waals surface area contributed by atoms with Crippen LogP contribution in [0.3, 0.4) is 0 Å². The Labute approximate surface area is 167 Å². The van der Waals surface area contributed by atoms with Crippen molar-refractivity contribution >= 4 is 39.4 Å². The molecule has 146 valence electrons. The van der Waals surface area contributed by atoms with Crippen molar-refractivity contribution in [2.24, 2.45) is 0 Å². The third-order valence-corrected chi connectivity index (χ3v) is 5.31. The molecule has 2 aromatic heterocycles. The maximum absolute atomic E-state index is 12.2. The summed E-state index contributed by atoms with van der Waals surface area (Å²) in [6, 6.07) is 9.66. The number of hydrogen-bond acceptors (Lipinski definition) is 6. The predicted molar refractivity (Wildman–Crippen MR) is 111 cm³/mol. The van der Waals surface area contributed by atoms with Gasteiger partial charge in [-0.25, -0.2) is 4.98 Å². The highest BCUT2D eigenvalue weighted by Crippen LogP contribution is 2.21. The zero-order valence-corrected chi connectivity index (χ0v) is 16.7. The lowest BCUT2D eigenvalue weighted by atomic mass is 10.2. The third kappa shape index (κ3) is 4.67. The SMILES string of the molecule is CC1CN(Cc2csc(NC(=O)/C=C/c3cc4ccccc4o3)n2)CC(C)O1. The molecule has 7 heteroatoms. The van der Waals surface area contributed by atoms with Crippen LogP contribution in [-0.2, 0) is 16.1 Å². The average Bonchev–Trinajstić information content (AvgIpc) is 3.25. The summed E-state index contributed by atoms with van der Waals surface area (Å²) in [5, 5.41) is 6.42. The van der Waals surface area contributed by atoms with Gasteiger partial charge in [-0.3, -0.25) is 15.0 Å². The van der Waals surface area contributed by atoms with E-state index < -0.39 is 0 Å². The number of para-hydroxylation sites is 1. The Morgan fingerprint density at radius 1 is 1.32 bits per heavy atom. The monoisotopic (exact) mass is 397 g/mol. The number of hydrogen-bond donors (Lipinski definition) is 1. The Morgan fingerprint density at radius 3 is 2.89 bits per heavy atom. The number of fused-ring (bicyclic) bond motifs is 1. The van der Waals surface area contributed by atoms with Crippen molar-refractivity contribution in [3.8, 4) is 0 Å². The molecule has 0 radical (unpaired) electrons. The first-order valence-electron chi connectivity index (χ1n) is 9.35. The summed E-state index contributed by atoms with van der Waals surface area (Å²) in [5.41, 5.74) is 1.77. The zero-order valence-electron chi connectivity index (χ0n) is 15.9. The number of nitrogens with zero attached hydrogens (tertiary/aromatic N) is 2. The lowest BCUT2D eigenvalue weighted by molar-refractivity contribution is -0.111. The molecule has 4 rings (SSSR count). The first-order valence-corrected chi connectivity index (χ1v) is 10.2. The van der Waals surface area contributed by atoms with Crippen LogP contribution in [0.25, 0.3) is 17.0 Å². The van der Waals surface area contributed by atoms with Crippen LogP contribution in [0.4, 0.5) is 5.13 Å². The van der Waals surface area contributed by atoms with Crippen LogP contribution < -0.4 is 5.32 Å². The highest BCUT2D eigenvalue weighted by Gasteiger charge is 2.22. The molecule has 0 aliphatic carbocycles. The summed E-state index contributed by atoms with van der Waals surface area (Å²) in [5.74, 6) is 0.418. The van der Waals surface area contributed by atoms with E-state index in [1.165, 1.54) is 17.4 Å². The molecule has 28 heavy (non-hydrogen) atoms. The Kier molecular flexibility index (Phi) is 5.57. The predicted octanol–water partition coefficient (Wildman–Crippen LogP) is 4.15. The van der Waals surface area contributed by atoms with E-state index in [0.29, 0.717) is 10.9 Å². The lowest BCUT2D eigenvalue weighted by Gasteiger charge is -2.34. The third-order valence-electron chi connectivity index (χ3n) is 4.51. The minimum Gasteiger partial charge on any atom is -0.457 e. The minimum absolute atomic E-state index is 0.227. The van der Waals surface area contributed by atoms with E-state index in [2.05, 4.69) is 29.0 Å². The van der Waals surface area contributed by atoms with Crippen LogP contribution in [-0.4, -0.2) is 41.1 Å². The second-order valence-electron chi connectivity index (χ2n) is 7.10. The molecule has 0 spiro atoms. The average molecular weight is 398 g/mol. The smallest absolute Gasteiger partial charge is 0.250 e. The number of thiazole rings is 1. The second-order valence-corrected chi connectivity index (χ2v) is 7.96. The summed E-state index contributed by atoms with van der Waals surface area (Å²) in [6.07, 6.45) is 3.58. The summed E-state index contributed by atoms with van der Waals surface area (Å²) in [7, 11) is 0. The Hall–Kier alpha value is -2.48. The fraction of sp³-hybridized carbons (Fsp3) is 0.333. The number of carbonyl (C=O) groups is 1. The van der Waals surface area contributed by atoms with Gasteiger partial charge in [0.25, 0.3) is 0 Å². The Bertz CT molecular complexity index is 951. The van der Waals surface area contributed by atoms with Gasteiger partial charge >= 0.3 is 0 Å². The molecule has 1 amide bonds. The van der Waals surface area contributed by atoms with Crippen molar-refractivity contribution in [3.63, 3.8) is 0 Å². The van der Waals surface area contributed by atoms with Gasteiger partial charge in [0.2, 0.25) is 5.91 Å². The molecule has 1 aliphatic heterocycles. The summed E-state index contributed by atoms with van der Waals surface area (Å²) in [6.45, 7) is 6.72. The van der Waals surface area contributed by atoms with Gasteiger partial charge in [0.15, 0.2) is 5.13 Å². The van der Waals surface area contributed by atoms with Gasteiger partial charge in [-0.15, -0.1) is 11.3 Å². The fourth-order valence-electron chi connectivity index (χ4n) is 3.47. The van der Waals surface area contributed by atoms with Crippen molar-refractivity contribution in [2.45, 2.75) is 32.6 Å². The van der Waals surface area contributed by atoms with Gasteiger partial charge in [-0.1, -0.05) is 18.2 Å². The number of carbonyl (C=O) groups excluding carboxylic acids is 1. The topological polar surface area (TPSA) is 67.6 Å². The van der Waals surface area contributed by atoms with Gasteiger partial charge in [0.1, 0.15) is 11.3 Å². The van der Waals surface area contributed by atoms with Gasteiger partial charge in [-0.05, 0) is 32.1 Å². The quantitative estimate of drug-likeness (QED) is 0.655. The Balaban J connectivity index is 1.33. The molecule has 1 fully saturated rings. The molecule has 0 bridgehead atoms. The van der Waals surface area contributed by atoms with E-state index >= 15 is 0 Å². The van der Waals surface area contributed by atoms with E-state index in [1.54, 1.807) is 6.08 Å². The Morgan fingerprint density at radius 2 is 2.11 bits per heavy atom. The van der Waals surface area contributed by atoms with Crippen LogP contribution in [0, 0.1) is 0 Å². The van der Waals surface area contributed by atoms with Gasteiger partial charge < -0.3 is 9.15 Å². The molecule has 1 aliphatic rings. The lowest BCUT2D eigenvalue weighted by Crippen LogP contribution is -2.44. The number of nitrogens with one attached hydrogen (secondary N) is 1. The number of rotatable bonds is 5. The zero-order chi connectivity index (χ0) is 19.5. The number of morpholine rings is 1. The largest absolute Gasteiger partial charge is 0.457 e. The molecular weight excluding hydrogens is 374 g/mol. The van der Waals surface area contributed by atoms with E-state index in [9.17, 15) is 4.79 Å². The number of aromatic nitrogens is 1. The van der Waals surface area contributed by atoms with Crippen LogP contribution in [0.15, 0.2) is 46.2 Å². The molecule has 3 aromatic rings. The normalized spacial score (nSPS) is 20.8. The van der Waals surface area contributed by atoms with Gasteiger partial charge in [0.05, 0.1) is 17.9 Å².